The van der Waals surface area contributed by atoms with Crippen LogP contribution in [0.3, 0.4) is 0 Å². The van der Waals surface area contributed by atoms with Crippen molar-refractivity contribution in [2.45, 2.75) is 113 Å². The molecule has 2 unspecified atom stereocenters. The molecule has 6 atom stereocenters. The Bertz CT molecular complexity index is 1010. The van der Waals surface area contributed by atoms with Crippen LogP contribution in [0.2, 0.25) is 0 Å². The summed E-state index contributed by atoms with van der Waals surface area (Å²) in [6.07, 6.45) is 20.0. The molecule has 39 heavy (non-hydrogen) atoms. The molecule has 1 aliphatic heterocycles. The van der Waals surface area contributed by atoms with Gasteiger partial charge >= 0.3 is 5.97 Å². The first-order valence-corrected chi connectivity index (χ1v) is 15.0. The first kappa shape index (κ1) is 31.6. The lowest BCUT2D eigenvalue weighted by Gasteiger charge is -2.58. The molecular weight excluding hydrogens is 482 g/mol. The average Bonchev–Trinajstić information content (AvgIpc) is 3.27. The van der Waals surface area contributed by atoms with Crippen LogP contribution in [0.15, 0.2) is 42.3 Å². The molecule has 1 aromatic heterocycles. The predicted octanol–water partition coefficient (Wildman–Crippen LogP) is 9.06. The van der Waals surface area contributed by atoms with E-state index in [9.17, 15) is 4.79 Å². The molecule has 0 radical (unpaired) electrons. The van der Waals surface area contributed by atoms with Gasteiger partial charge in [-0.05, 0) is 97.2 Å². The molecule has 6 rings (SSSR count). The zero-order valence-corrected chi connectivity index (χ0v) is 23.5. The SMILES string of the molecule is C.C.CCC.C[C@]12CC[C@H](OC(=O)C3CCOCC3)CC1=CC[C@@H]1C2CC[C@]2(C)C(c3cccnc3)=CCC12. The van der Waals surface area contributed by atoms with Crippen LogP contribution in [0.4, 0.5) is 0 Å². The standard InChI is InChI=1S/C30H39NO3.C3H8.2CH4/c1-29-13-9-23(34-28(32)20-11-16-33-17-12-20)18-22(29)5-6-24-26-8-7-25(21-4-3-15-31-19-21)30(26,2)14-10-27(24)29;1-3-2;;/h3-5,7,15,19-20,23-24,26-27H,6,8-14,16-18H2,1-2H3;3H2,1-2H3;2*1H4/t23-,24-,26?,27?,29-,30+;;;/m0.../s1. The van der Waals surface area contributed by atoms with Crippen LogP contribution in [-0.4, -0.2) is 30.3 Å². The minimum absolute atomic E-state index is 0. The fourth-order valence-corrected chi connectivity index (χ4v) is 8.46. The number of ether oxygens (including phenoxy) is 2. The minimum atomic E-state index is 0. The van der Waals surface area contributed by atoms with Gasteiger partial charge < -0.3 is 9.47 Å². The molecule has 5 aliphatic rings. The van der Waals surface area contributed by atoms with Crippen molar-refractivity contribution in [1.29, 1.82) is 0 Å². The fourth-order valence-electron chi connectivity index (χ4n) is 8.46. The van der Waals surface area contributed by atoms with Crippen molar-refractivity contribution >= 4 is 11.5 Å². The van der Waals surface area contributed by atoms with Gasteiger partial charge in [-0.3, -0.25) is 9.78 Å². The number of carbonyl (C=O) groups is 1. The van der Waals surface area contributed by atoms with E-state index in [-0.39, 0.29) is 43.7 Å². The highest BCUT2D eigenvalue weighted by molar-refractivity contribution is 5.73. The number of allylic oxidation sites excluding steroid dienone is 3. The second kappa shape index (κ2) is 13.1. The monoisotopic (exact) mass is 537 g/mol. The normalized spacial score (nSPS) is 35.2. The van der Waals surface area contributed by atoms with Gasteiger partial charge in [-0.25, -0.2) is 0 Å². The summed E-state index contributed by atoms with van der Waals surface area (Å²) in [7, 11) is 0. The van der Waals surface area contributed by atoms with Crippen LogP contribution < -0.4 is 0 Å². The molecule has 3 fully saturated rings. The maximum atomic E-state index is 12.7. The van der Waals surface area contributed by atoms with Crippen molar-refractivity contribution in [3.8, 4) is 0 Å². The van der Waals surface area contributed by atoms with Gasteiger partial charge in [0.15, 0.2) is 0 Å². The summed E-state index contributed by atoms with van der Waals surface area (Å²) in [6.45, 7) is 10.7. The quantitative estimate of drug-likeness (QED) is 0.285. The first-order valence-electron chi connectivity index (χ1n) is 15.0. The van der Waals surface area contributed by atoms with Crippen molar-refractivity contribution in [3.05, 3.63) is 47.8 Å². The van der Waals surface area contributed by atoms with E-state index in [1.165, 1.54) is 43.2 Å². The molecule has 218 valence electrons. The number of hydrogen-bond acceptors (Lipinski definition) is 4. The third kappa shape index (κ3) is 5.92. The van der Waals surface area contributed by atoms with Gasteiger partial charge in [0.25, 0.3) is 0 Å². The summed E-state index contributed by atoms with van der Waals surface area (Å²) in [6, 6.07) is 4.31. The van der Waals surface area contributed by atoms with E-state index in [4.69, 9.17) is 9.47 Å². The number of carbonyl (C=O) groups excluding carboxylic acids is 1. The number of esters is 1. The Morgan fingerprint density at radius 3 is 2.41 bits per heavy atom. The Labute approximate surface area is 239 Å². The van der Waals surface area contributed by atoms with Gasteiger partial charge in [-0.1, -0.05) is 72.8 Å². The highest BCUT2D eigenvalue weighted by Crippen LogP contribution is 2.66. The summed E-state index contributed by atoms with van der Waals surface area (Å²) in [5, 5.41) is 0. The van der Waals surface area contributed by atoms with Gasteiger partial charge in [-0.2, -0.15) is 0 Å². The van der Waals surface area contributed by atoms with Gasteiger partial charge in [-0.15, -0.1) is 0 Å². The lowest BCUT2D eigenvalue weighted by Crippen LogP contribution is -2.50. The zero-order valence-electron chi connectivity index (χ0n) is 23.5. The molecule has 0 N–H and O–H groups in total. The number of pyridine rings is 1. The van der Waals surface area contributed by atoms with Crippen LogP contribution >= 0.6 is 0 Å². The molecule has 1 saturated heterocycles. The molecule has 0 aromatic carbocycles. The largest absolute Gasteiger partial charge is 0.462 e. The van der Waals surface area contributed by atoms with Crippen LogP contribution in [0.5, 0.6) is 0 Å². The first-order chi connectivity index (χ1) is 17.9. The Balaban J connectivity index is 0.000000805. The van der Waals surface area contributed by atoms with Gasteiger partial charge in [0.2, 0.25) is 0 Å². The molecule has 0 bridgehead atoms. The highest BCUT2D eigenvalue weighted by Gasteiger charge is 2.57. The summed E-state index contributed by atoms with van der Waals surface area (Å²) >= 11 is 0. The lowest BCUT2D eigenvalue weighted by molar-refractivity contribution is -0.159. The third-order valence-electron chi connectivity index (χ3n) is 10.4. The highest BCUT2D eigenvalue weighted by atomic mass is 16.5. The van der Waals surface area contributed by atoms with Crippen molar-refractivity contribution in [3.63, 3.8) is 0 Å². The van der Waals surface area contributed by atoms with Crippen molar-refractivity contribution in [2.75, 3.05) is 13.2 Å². The Kier molecular flexibility index (Phi) is 10.6. The number of rotatable bonds is 3. The molecular formula is C35H55NO3. The molecule has 1 aromatic rings. The second-order valence-corrected chi connectivity index (χ2v) is 12.7. The molecule has 4 aliphatic carbocycles. The smallest absolute Gasteiger partial charge is 0.309 e. The second-order valence-electron chi connectivity index (χ2n) is 12.7. The van der Waals surface area contributed by atoms with E-state index in [1.807, 2.05) is 6.20 Å². The molecule has 2 saturated carbocycles. The maximum Gasteiger partial charge on any atom is 0.309 e. The van der Waals surface area contributed by atoms with Crippen molar-refractivity contribution in [2.24, 2.45) is 34.5 Å². The Morgan fingerprint density at radius 2 is 1.72 bits per heavy atom. The number of aromatic nitrogens is 1. The van der Waals surface area contributed by atoms with Crippen LogP contribution in [-0.2, 0) is 14.3 Å². The van der Waals surface area contributed by atoms with E-state index in [0.29, 0.717) is 13.2 Å². The third-order valence-corrected chi connectivity index (χ3v) is 10.4. The van der Waals surface area contributed by atoms with E-state index in [2.05, 4.69) is 63.2 Å². The molecule has 2 heterocycles. The number of fused-ring (bicyclic) bond motifs is 5. The van der Waals surface area contributed by atoms with Crippen molar-refractivity contribution in [1.82, 2.24) is 4.98 Å². The molecule has 0 spiro atoms. The van der Waals surface area contributed by atoms with E-state index >= 15 is 0 Å². The number of hydrogen-bond donors (Lipinski definition) is 0. The van der Waals surface area contributed by atoms with Crippen LogP contribution in [0, 0.1) is 34.5 Å². The Hall–Kier alpha value is -1.94. The molecule has 4 heteroatoms. The average molecular weight is 538 g/mol. The summed E-state index contributed by atoms with van der Waals surface area (Å²) in [5.74, 6) is 2.27. The van der Waals surface area contributed by atoms with Crippen LogP contribution in [0.25, 0.3) is 5.57 Å². The summed E-state index contributed by atoms with van der Waals surface area (Å²) in [4.78, 5) is 17.1. The van der Waals surface area contributed by atoms with Gasteiger partial charge in [0.1, 0.15) is 6.10 Å². The lowest BCUT2D eigenvalue weighted by atomic mass is 9.47. The Morgan fingerprint density at radius 1 is 1.00 bits per heavy atom. The fraction of sp³-hybridized carbons (Fsp3) is 0.714. The van der Waals surface area contributed by atoms with Gasteiger partial charge in [0.05, 0.1) is 5.92 Å². The maximum absolute atomic E-state index is 12.7. The van der Waals surface area contributed by atoms with E-state index < -0.39 is 0 Å². The topological polar surface area (TPSA) is 48.4 Å². The van der Waals surface area contributed by atoms with Gasteiger partial charge in [0, 0.05) is 32.0 Å². The van der Waals surface area contributed by atoms with E-state index in [0.717, 1.165) is 49.9 Å². The predicted molar refractivity (Wildman–Crippen MR) is 162 cm³/mol. The van der Waals surface area contributed by atoms with E-state index in [1.54, 1.807) is 5.57 Å². The number of nitrogens with zero attached hydrogens (tertiary/aromatic N) is 1. The zero-order chi connectivity index (χ0) is 26.0. The van der Waals surface area contributed by atoms with Crippen LogP contribution in [0.1, 0.15) is 112 Å². The summed E-state index contributed by atoms with van der Waals surface area (Å²) < 4.78 is 11.5. The molecule has 4 nitrogen and oxygen atoms in total. The summed E-state index contributed by atoms with van der Waals surface area (Å²) in [5.41, 5.74) is 4.96. The van der Waals surface area contributed by atoms with Crippen molar-refractivity contribution < 1.29 is 14.3 Å². The minimum Gasteiger partial charge on any atom is -0.462 e. The molecule has 0 amide bonds.